The summed E-state index contributed by atoms with van der Waals surface area (Å²) in [7, 11) is 0. The minimum atomic E-state index is -0.670. The zero-order chi connectivity index (χ0) is 11.8. The van der Waals surface area contributed by atoms with Crippen molar-refractivity contribution in [2.45, 2.75) is 38.9 Å². The van der Waals surface area contributed by atoms with E-state index in [-0.39, 0.29) is 5.92 Å². The third-order valence-electron chi connectivity index (χ3n) is 3.33. The van der Waals surface area contributed by atoms with Crippen molar-refractivity contribution in [3.63, 3.8) is 0 Å². The number of ether oxygens (including phenoxy) is 2. The molecule has 1 fully saturated rings. The molecular weight excluding hydrogens is 224 g/mol. The van der Waals surface area contributed by atoms with Crippen LogP contribution in [0, 0.1) is 5.92 Å². The first kappa shape index (κ1) is 12.2. The van der Waals surface area contributed by atoms with E-state index in [1.165, 1.54) is 12.0 Å². The maximum atomic E-state index is 6.34. The molecule has 2 nitrogen and oxygen atoms in total. The van der Waals surface area contributed by atoms with Crippen LogP contribution < -0.4 is 0 Å². The van der Waals surface area contributed by atoms with E-state index < -0.39 is 5.79 Å². The Labute approximate surface area is 102 Å². The first-order valence-corrected chi connectivity index (χ1v) is 6.33. The Hall–Kier alpha value is -0.310. The van der Waals surface area contributed by atoms with E-state index in [9.17, 15) is 0 Å². The molecule has 90 valence electrons. The summed E-state index contributed by atoms with van der Waals surface area (Å²) in [5.74, 6) is -0.509. The SMILES string of the molecule is C=C(C)C1C(CCCC)=C(Cl)C12OCCO2. The van der Waals surface area contributed by atoms with Crippen molar-refractivity contribution < 1.29 is 9.47 Å². The lowest BCUT2D eigenvalue weighted by Crippen LogP contribution is -2.50. The molecule has 2 rings (SSSR count). The lowest BCUT2D eigenvalue weighted by molar-refractivity contribution is -0.161. The smallest absolute Gasteiger partial charge is 0.216 e. The Balaban J connectivity index is 2.22. The number of unbranched alkanes of at least 4 members (excludes halogenated alkanes) is 1. The van der Waals surface area contributed by atoms with Crippen molar-refractivity contribution in [1.82, 2.24) is 0 Å². The molecule has 3 heteroatoms. The van der Waals surface area contributed by atoms with Crippen molar-refractivity contribution in [2.24, 2.45) is 5.92 Å². The zero-order valence-electron chi connectivity index (χ0n) is 10.0. The van der Waals surface area contributed by atoms with E-state index in [1.807, 2.05) is 6.92 Å². The Morgan fingerprint density at radius 2 is 2.12 bits per heavy atom. The summed E-state index contributed by atoms with van der Waals surface area (Å²) >= 11 is 6.34. The van der Waals surface area contributed by atoms with Gasteiger partial charge in [0.05, 0.1) is 24.2 Å². The third kappa shape index (κ3) is 1.64. The van der Waals surface area contributed by atoms with Crippen LogP contribution in [-0.2, 0) is 9.47 Å². The Kier molecular flexibility index (Phi) is 3.43. The van der Waals surface area contributed by atoms with Crippen LogP contribution in [0.4, 0.5) is 0 Å². The maximum Gasteiger partial charge on any atom is 0.216 e. The second kappa shape index (κ2) is 4.52. The number of hydrogen-bond acceptors (Lipinski definition) is 2. The van der Waals surface area contributed by atoms with E-state index in [0.717, 1.165) is 23.4 Å². The average Bonchev–Trinajstić information content (AvgIpc) is 2.73. The summed E-state index contributed by atoms with van der Waals surface area (Å²) in [6, 6.07) is 0. The molecule has 2 aliphatic rings. The van der Waals surface area contributed by atoms with Crippen LogP contribution in [0.15, 0.2) is 22.8 Å². The fourth-order valence-corrected chi connectivity index (χ4v) is 3.02. The summed E-state index contributed by atoms with van der Waals surface area (Å²) in [6.45, 7) is 9.49. The molecule has 0 saturated carbocycles. The predicted molar refractivity (Wildman–Crippen MR) is 65.3 cm³/mol. The zero-order valence-corrected chi connectivity index (χ0v) is 10.8. The van der Waals surface area contributed by atoms with Crippen LogP contribution in [0.2, 0.25) is 0 Å². The van der Waals surface area contributed by atoms with Crippen molar-refractivity contribution in [3.05, 3.63) is 22.8 Å². The molecule has 0 bridgehead atoms. The molecule has 0 aromatic heterocycles. The lowest BCUT2D eigenvalue weighted by Gasteiger charge is -2.46. The van der Waals surface area contributed by atoms with E-state index in [0.29, 0.717) is 13.2 Å². The van der Waals surface area contributed by atoms with Gasteiger partial charge in [0.1, 0.15) is 0 Å². The summed E-state index contributed by atoms with van der Waals surface area (Å²) in [4.78, 5) is 0. The molecule has 0 radical (unpaired) electrons. The van der Waals surface area contributed by atoms with Gasteiger partial charge in [-0.3, -0.25) is 0 Å². The van der Waals surface area contributed by atoms with Crippen LogP contribution in [0.1, 0.15) is 33.1 Å². The van der Waals surface area contributed by atoms with Crippen molar-refractivity contribution in [1.29, 1.82) is 0 Å². The van der Waals surface area contributed by atoms with Crippen LogP contribution in [0.25, 0.3) is 0 Å². The van der Waals surface area contributed by atoms with Gasteiger partial charge in [-0.05, 0) is 25.3 Å². The van der Waals surface area contributed by atoms with Crippen molar-refractivity contribution in [2.75, 3.05) is 13.2 Å². The van der Waals surface area contributed by atoms with Crippen LogP contribution in [-0.4, -0.2) is 19.0 Å². The molecule has 0 amide bonds. The van der Waals surface area contributed by atoms with Gasteiger partial charge in [0.2, 0.25) is 5.79 Å². The highest BCUT2D eigenvalue weighted by Crippen LogP contribution is 2.55. The van der Waals surface area contributed by atoms with Gasteiger partial charge in [0, 0.05) is 0 Å². The second-order valence-corrected chi connectivity index (χ2v) is 4.96. The molecule has 1 saturated heterocycles. The van der Waals surface area contributed by atoms with Crippen LogP contribution in [0.3, 0.4) is 0 Å². The molecule has 0 aromatic carbocycles. The third-order valence-corrected chi connectivity index (χ3v) is 3.83. The fraction of sp³-hybridized carbons (Fsp3) is 0.692. The molecule has 1 atom stereocenters. The van der Waals surface area contributed by atoms with E-state index in [2.05, 4.69) is 13.5 Å². The lowest BCUT2D eigenvalue weighted by atomic mass is 9.72. The second-order valence-electron chi connectivity index (χ2n) is 4.59. The fourth-order valence-electron chi connectivity index (χ4n) is 2.59. The Morgan fingerprint density at radius 3 is 2.62 bits per heavy atom. The molecule has 1 unspecified atom stereocenters. The average molecular weight is 243 g/mol. The highest BCUT2D eigenvalue weighted by atomic mass is 35.5. The Morgan fingerprint density at radius 1 is 1.50 bits per heavy atom. The quantitative estimate of drug-likeness (QED) is 0.701. The Bertz CT molecular complexity index is 327. The molecule has 1 aliphatic carbocycles. The first-order valence-electron chi connectivity index (χ1n) is 5.95. The molecule has 1 spiro atoms. The molecular formula is C13H19ClO2. The minimum absolute atomic E-state index is 0.161. The highest BCUT2D eigenvalue weighted by molar-refractivity contribution is 6.32. The maximum absolute atomic E-state index is 6.34. The summed E-state index contributed by atoms with van der Waals surface area (Å²) < 4.78 is 11.4. The number of halogens is 1. The first-order chi connectivity index (χ1) is 7.63. The van der Waals surface area contributed by atoms with Gasteiger partial charge in [-0.25, -0.2) is 0 Å². The van der Waals surface area contributed by atoms with Gasteiger partial charge in [-0.15, -0.1) is 0 Å². The number of rotatable bonds is 4. The summed E-state index contributed by atoms with van der Waals surface area (Å²) in [5.41, 5.74) is 2.34. The standard InChI is InChI=1S/C13H19ClO2/c1-4-5-6-10-11(9(2)3)13(12(10)14)15-7-8-16-13/h11H,2,4-8H2,1,3H3. The summed E-state index contributed by atoms with van der Waals surface area (Å²) in [5, 5.41) is 0.770. The van der Waals surface area contributed by atoms with Crippen molar-refractivity contribution in [3.8, 4) is 0 Å². The largest absolute Gasteiger partial charge is 0.342 e. The molecule has 1 heterocycles. The van der Waals surface area contributed by atoms with Gasteiger partial charge in [0.15, 0.2) is 0 Å². The van der Waals surface area contributed by atoms with Gasteiger partial charge < -0.3 is 9.47 Å². The number of hydrogen-bond donors (Lipinski definition) is 0. The van der Waals surface area contributed by atoms with Crippen molar-refractivity contribution >= 4 is 11.6 Å². The minimum Gasteiger partial charge on any atom is -0.342 e. The molecule has 0 N–H and O–H groups in total. The topological polar surface area (TPSA) is 18.5 Å². The monoisotopic (exact) mass is 242 g/mol. The molecule has 1 aliphatic heterocycles. The normalized spacial score (nSPS) is 27.3. The van der Waals surface area contributed by atoms with Gasteiger partial charge in [-0.2, -0.15) is 0 Å². The predicted octanol–water partition coefficient (Wildman–Crippen LogP) is 3.62. The summed E-state index contributed by atoms with van der Waals surface area (Å²) in [6.07, 6.45) is 3.36. The molecule has 16 heavy (non-hydrogen) atoms. The molecule has 0 aromatic rings. The van der Waals surface area contributed by atoms with E-state index in [4.69, 9.17) is 21.1 Å². The van der Waals surface area contributed by atoms with Gasteiger partial charge in [0.25, 0.3) is 0 Å². The van der Waals surface area contributed by atoms with Crippen LogP contribution in [0.5, 0.6) is 0 Å². The van der Waals surface area contributed by atoms with Gasteiger partial charge in [-0.1, -0.05) is 37.1 Å². The van der Waals surface area contributed by atoms with Crippen LogP contribution >= 0.6 is 11.6 Å². The van der Waals surface area contributed by atoms with E-state index >= 15 is 0 Å². The highest BCUT2D eigenvalue weighted by Gasteiger charge is 2.57. The van der Waals surface area contributed by atoms with Gasteiger partial charge >= 0.3 is 0 Å². The van der Waals surface area contributed by atoms with E-state index in [1.54, 1.807) is 0 Å².